The molecule has 1 heterocycles. The fraction of sp³-hybridized carbons (Fsp3) is 0. The maximum Gasteiger partial charge on any atom is 0.269 e. The number of nitrogens with zero attached hydrogens (tertiary/aromatic N) is 5. The van der Waals surface area contributed by atoms with E-state index in [4.69, 9.17) is 5.26 Å². The molecule has 2 aromatic carbocycles. The number of anilines is 2. The molecule has 0 aliphatic rings. The third-order valence-electron chi connectivity index (χ3n) is 3.74. The van der Waals surface area contributed by atoms with Crippen LogP contribution in [0.2, 0.25) is 0 Å². The van der Waals surface area contributed by atoms with Gasteiger partial charge in [0.2, 0.25) is 0 Å². The van der Waals surface area contributed by atoms with Crippen molar-refractivity contribution < 1.29 is 4.92 Å². The van der Waals surface area contributed by atoms with Gasteiger partial charge in [-0.05, 0) is 42.0 Å². The number of hydrogen-bond donors (Lipinski definition) is 0. The number of non-ortho nitro benzene ring substituents is 1. The van der Waals surface area contributed by atoms with Gasteiger partial charge in [-0.15, -0.1) is 0 Å². The molecule has 26 heavy (non-hydrogen) atoms. The second-order valence-electron chi connectivity index (χ2n) is 5.34. The van der Waals surface area contributed by atoms with Crippen molar-refractivity contribution in [1.29, 1.82) is 5.26 Å². The molecule has 0 saturated carbocycles. The third-order valence-corrected chi connectivity index (χ3v) is 3.74. The highest BCUT2D eigenvalue weighted by Gasteiger charge is 2.16. The fourth-order valence-corrected chi connectivity index (χ4v) is 2.46. The van der Waals surface area contributed by atoms with Crippen LogP contribution < -0.4 is 4.90 Å². The van der Waals surface area contributed by atoms with Crippen molar-refractivity contribution in [3.8, 4) is 6.07 Å². The molecular weight excluding hydrogens is 330 g/mol. The molecule has 7 nitrogen and oxygen atoms in total. The number of hydrogen-bond acceptors (Lipinski definition) is 6. The molecule has 0 aliphatic heterocycles. The van der Waals surface area contributed by atoms with E-state index >= 15 is 0 Å². The Balaban J connectivity index is 2.03. The lowest BCUT2D eigenvalue weighted by Gasteiger charge is -2.26. The lowest BCUT2D eigenvalue weighted by molar-refractivity contribution is -0.384. The summed E-state index contributed by atoms with van der Waals surface area (Å²) in [6.45, 7) is 4.13. The SMILES string of the molecule is C=C(c1ccc([N+](=O)[O-])cc1)N(c1ccc(C#N)cc1)c1cncnc1. The van der Waals surface area contributed by atoms with Gasteiger partial charge in [-0.2, -0.15) is 5.26 Å². The number of benzene rings is 2. The average molecular weight is 343 g/mol. The predicted molar refractivity (Wildman–Crippen MR) is 97.5 cm³/mol. The summed E-state index contributed by atoms with van der Waals surface area (Å²) in [5, 5.41) is 19.8. The van der Waals surface area contributed by atoms with Gasteiger partial charge in [-0.3, -0.25) is 10.1 Å². The third kappa shape index (κ3) is 3.39. The Bertz CT molecular complexity index is 977. The molecule has 0 saturated heterocycles. The number of nitriles is 1. The normalized spacial score (nSPS) is 9.96. The van der Waals surface area contributed by atoms with E-state index in [0.717, 1.165) is 5.69 Å². The molecule has 0 spiro atoms. The van der Waals surface area contributed by atoms with Crippen LogP contribution in [0.5, 0.6) is 0 Å². The van der Waals surface area contributed by atoms with Crippen LogP contribution in [0.4, 0.5) is 17.1 Å². The molecule has 0 aliphatic carbocycles. The molecule has 1 aromatic heterocycles. The van der Waals surface area contributed by atoms with Crippen molar-refractivity contribution in [3.05, 3.63) is 95.1 Å². The minimum Gasteiger partial charge on any atom is -0.308 e. The second kappa shape index (κ2) is 7.23. The molecule has 0 unspecified atom stereocenters. The van der Waals surface area contributed by atoms with Crippen molar-refractivity contribution >= 4 is 22.8 Å². The Kier molecular flexibility index (Phi) is 4.67. The van der Waals surface area contributed by atoms with Crippen LogP contribution in [0.1, 0.15) is 11.1 Å². The van der Waals surface area contributed by atoms with Crippen molar-refractivity contribution in [3.63, 3.8) is 0 Å². The Morgan fingerprint density at radius 2 is 1.65 bits per heavy atom. The van der Waals surface area contributed by atoms with Gasteiger partial charge in [-0.25, -0.2) is 9.97 Å². The lowest BCUT2D eigenvalue weighted by atomic mass is 10.1. The van der Waals surface area contributed by atoms with Crippen LogP contribution in [0, 0.1) is 21.4 Å². The molecule has 0 radical (unpaired) electrons. The van der Waals surface area contributed by atoms with E-state index in [9.17, 15) is 10.1 Å². The molecule has 0 atom stereocenters. The fourth-order valence-electron chi connectivity index (χ4n) is 2.46. The van der Waals surface area contributed by atoms with Gasteiger partial charge in [-0.1, -0.05) is 6.58 Å². The highest BCUT2D eigenvalue weighted by Crippen LogP contribution is 2.33. The van der Waals surface area contributed by atoms with Crippen molar-refractivity contribution in [2.24, 2.45) is 0 Å². The number of aromatic nitrogens is 2. The van der Waals surface area contributed by atoms with Gasteiger partial charge in [0.1, 0.15) is 6.33 Å². The van der Waals surface area contributed by atoms with Crippen LogP contribution >= 0.6 is 0 Å². The van der Waals surface area contributed by atoms with Gasteiger partial charge in [0.25, 0.3) is 5.69 Å². The first kappa shape index (κ1) is 16.8. The van der Waals surface area contributed by atoms with Crippen LogP contribution in [0.25, 0.3) is 5.70 Å². The number of nitro groups is 1. The number of nitro benzene ring substituents is 1. The Labute approximate surface area is 149 Å². The zero-order valence-corrected chi connectivity index (χ0v) is 13.6. The van der Waals surface area contributed by atoms with Gasteiger partial charge in [0, 0.05) is 23.5 Å². The molecule has 0 bridgehead atoms. The summed E-state index contributed by atoms with van der Waals surface area (Å²) in [5.41, 5.74) is 3.31. The summed E-state index contributed by atoms with van der Waals surface area (Å²) in [6.07, 6.45) is 4.71. The quantitative estimate of drug-likeness (QED) is 0.512. The maximum absolute atomic E-state index is 10.8. The topological polar surface area (TPSA) is 96.0 Å². The first-order valence-electron chi connectivity index (χ1n) is 7.59. The standard InChI is InChI=1S/C19H13N5O2/c1-14(16-4-8-18(9-5-16)24(25)26)23(19-11-21-13-22-12-19)17-6-2-15(10-20)3-7-17/h2-9,11-13H,1H2. The molecule has 3 rings (SSSR count). The van der Waals surface area contributed by atoms with E-state index in [0.29, 0.717) is 22.5 Å². The summed E-state index contributed by atoms with van der Waals surface area (Å²) in [6, 6.07) is 15.2. The van der Waals surface area contributed by atoms with E-state index in [1.54, 1.807) is 48.8 Å². The van der Waals surface area contributed by atoms with E-state index in [1.807, 2.05) is 4.90 Å². The average Bonchev–Trinajstić information content (AvgIpc) is 2.69. The second-order valence-corrected chi connectivity index (χ2v) is 5.34. The molecule has 0 fully saturated rings. The first-order valence-corrected chi connectivity index (χ1v) is 7.59. The summed E-state index contributed by atoms with van der Waals surface area (Å²) >= 11 is 0. The van der Waals surface area contributed by atoms with Crippen molar-refractivity contribution in [1.82, 2.24) is 9.97 Å². The lowest BCUT2D eigenvalue weighted by Crippen LogP contribution is -2.15. The maximum atomic E-state index is 10.8. The summed E-state index contributed by atoms with van der Waals surface area (Å²) in [5.74, 6) is 0. The largest absolute Gasteiger partial charge is 0.308 e. The summed E-state index contributed by atoms with van der Waals surface area (Å²) in [7, 11) is 0. The van der Waals surface area contributed by atoms with Crippen molar-refractivity contribution in [2.45, 2.75) is 0 Å². The minimum absolute atomic E-state index is 0.00881. The molecule has 0 N–H and O–H groups in total. The van der Waals surface area contributed by atoms with E-state index < -0.39 is 4.92 Å². The first-order chi connectivity index (χ1) is 12.6. The smallest absolute Gasteiger partial charge is 0.269 e. The van der Waals surface area contributed by atoms with Crippen LogP contribution in [-0.2, 0) is 0 Å². The Hall–Kier alpha value is -4.05. The monoisotopic (exact) mass is 343 g/mol. The van der Waals surface area contributed by atoms with Gasteiger partial charge in [0.05, 0.1) is 34.6 Å². The Morgan fingerprint density at radius 1 is 1.04 bits per heavy atom. The highest BCUT2D eigenvalue weighted by atomic mass is 16.6. The molecule has 7 heteroatoms. The van der Waals surface area contributed by atoms with Crippen LogP contribution in [0.15, 0.2) is 73.8 Å². The highest BCUT2D eigenvalue weighted by molar-refractivity contribution is 5.86. The van der Waals surface area contributed by atoms with E-state index in [-0.39, 0.29) is 5.69 Å². The number of rotatable bonds is 5. The van der Waals surface area contributed by atoms with E-state index in [2.05, 4.69) is 22.6 Å². The molecule has 3 aromatic rings. The Morgan fingerprint density at radius 3 is 2.19 bits per heavy atom. The summed E-state index contributed by atoms with van der Waals surface area (Å²) in [4.78, 5) is 20.3. The van der Waals surface area contributed by atoms with Crippen LogP contribution in [0.3, 0.4) is 0 Å². The molecule has 0 amide bonds. The zero-order chi connectivity index (χ0) is 18.5. The molecular formula is C19H13N5O2. The summed E-state index contributed by atoms with van der Waals surface area (Å²) < 4.78 is 0. The minimum atomic E-state index is -0.448. The molecule has 126 valence electrons. The van der Waals surface area contributed by atoms with Crippen molar-refractivity contribution in [2.75, 3.05) is 4.90 Å². The predicted octanol–water partition coefficient (Wildman–Crippen LogP) is 4.07. The van der Waals surface area contributed by atoms with Gasteiger partial charge < -0.3 is 4.90 Å². The van der Waals surface area contributed by atoms with E-state index in [1.165, 1.54) is 18.5 Å². The zero-order valence-electron chi connectivity index (χ0n) is 13.6. The van der Waals surface area contributed by atoms with Gasteiger partial charge >= 0.3 is 0 Å². The van der Waals surface area contributed by atoms with Gasteiger partial charge in [0.15, 0.2) is 0 Å². The van der Waals surface area contributed by atoms with Crippen LogP contribution in [-0.4, -0.2) is 14.9 Å².